The second kappa shape index (κ2) is 8.79. The minimum absolute atomic E-state index is 0.0529. The quantitative estimate of drug-likeness (QED) is 0.383. The number of hydrogen-bond acceptors (Lipinski definition) is 7. The molecular weight excluding hydrogens is 396 g/mol. The second-order valence-corrected chi connectivity index (χ2v) is 8.51. The third kappa shape index (κ3) is 4.14. The Balaban J connectivity index is 1.73. The van der Waals surface area contributed by atoms with Crippen LogP contribution < -0.4 is 0 Å². The molecule has 1 atom stereocenters. The van der Waals surface area contributed by atoms with Gasteiger partial charge in [-0.15, -0.1) is 10.2 Å². The highest BCUT2D eigenvalue weighted by molar-refractivity contribution is 7.99. The maximum absolute atomic E-state index is 5.48. The zero-order valence-electron chi connectivity index (χ0n) is 17.5. The van der Waals surface area contributed by atoms with Crippen LogP contribution in [0.4, 0.5) is 0 Å². The van der Waals surface area contributed by atoms with Gasteiger partial charge in [0.15, 0.2) is 16.8 Å². The van der Waals surface area contributed by atoms with E-state index in [2.05, 4.69) is 68.9 Å². The van der Waals surface area contributed by atoms with Crippen molar-refractivity contribution in [3.8, 4) is 17.1 Å². The van der Waals surface area contributed by atoms with E-state index in [1.54, 1.807) is 24.2 Å². The van der Waals surface area contributed by atoms with Crippen LogP contribution in [0, 0.1) is 13.8 Å². The van der Waals surface area contributed by atoms with Crippen molar-refractivity contribution in [2.24, 2.45) is 0 Å². The molecule has 0 aliphatic heterocycles. The third-order valence-corrected chi connectivity index (χ3v) is 5.94. The van der Waals surface area contributed by atoms with E-state index in [-0.39, 0.29) is 5.25 Å². The van der Waals surface area contributed by atoms with Gasteiger partial charge in [0.25, 0.3) is 0 Å². The standard InChI is InChI=1S/C22H24N6OS/c1-5-6-19-24-21(29-27-19)16(4)30-22-26-25-20(17-9-11-23-12-10-17)28(22)18-8-7-14(2)15(3)13-18/h7-13,16H,5-6H2,1-4H3. The molecule has 0 fully saturated rings. The highest BCUT2D eigenvalue weighted by Crippen LogP contribution is 2.36. The van der Waals surface area contributed by atoms with E-state index in [4.69, 9.17) is 4.52 Å². The van der Waals surface area contributed by atoms with Gasteiger partial charge < -0.3 is 4.52 Å². The first kappa shape index (κ1) is 20.3. The average molecular weight is 421 g/mol. The lowest BCUT2D eigenvalue weighted by Crippen LogP contribution is -2.02. The number of thioether (sulfide) groups is 1. The van der Waals surface area contributed by atoms with Gasteiger partial charge in [0.2, 0.25) is 5.89 Å². The molecular formula is C22H24N6OS. The fraction of sp³-hybridized carbons (Fsp3) is 0.318. The Kier molecular flexibility index (Phi) is 5.94. The van der Waals surface area contributed by atoms with Crippen molar-refractivity contribution >= 4 is 11.8 Å². The van der Waals surface area contributed by atoms with Crippen LogP contribution in [0.1, 0.15) is 48.4 Å². The lowest BCUT2D eigenvalue weighted by atomic mass is 10.1. The number of aromatic nitrogens is 6. The molecule has 0 aliphatic carbocycles. The molecule has 8 heteroatoms. The molecule has 0 amide bonds. The summed E-state index contributed by atoms with van der Waals surface area (Å²) >= 11 is 1.55. The first-order valence-corrected chi connectivity index (χ1v) is 10.9. The third-order valence-electron chi connectivity index (χ3n) is 4.91. The van der Waals surface area contributed by atoms with Crippen LogP contribution in [0.15, 0.2) is 52.4 Å². The Labute approximate surface area is 180 Å². The molecule has 0 spiro atoms. The Bertz CT molecular complexity index is 1140. The highest BCUT2D eigenvalue weighted by Gasteiger charge is 2.22. The van der Waals surface area contributed by atoms with Crippen molar-refractivity contribution in [2.75, 3.05) is 0 Å². The molecule has 0 radical (unpaired) electrons. The Morgan fingerprint density at radius 2 is 1.87 bits per heavy atom. The van der Waals surface area contributed by atoms with Gasteiger partial charge in [-0.05, 0) is 62.6 Å². The fourth-order valence-electron chi connectivity index (χ4n) is 3.10. The number of hydrogen-bond donors (Lipinski definition) is 0. The SMILES string of the molecule is CCCc1noc(C(C)Sc2nnc(-c3ccncc3)n2-c2ccc(C)c(C)c2)n1. The zero-order chi connectivity index (χ0) is 21.1. The number of benzene rings is 1. The normalized spacial score (nSPS) is 12.3. The van der Waals surface area contributed by atoms with Gasteiger partial charge in [-0.3, -0.25) is 9.55 Å². The first-order chi connectivity index (χ1) is 14.6. The van der Waals surface area contributed by atoms with Gasteiger partial charge in [0.05, 0.1) is 10.9 Å². The summed E-state index contributed by atoms with van der Waals surface area (Å²) in [7, 11) is 0. The second-order valence-electron chi connectivity index (χ2n) is 7.20. The van der Waals surface area contributed by atoms with E-state index in [1.807, 2.05) is 19.1 Å². The molecule has 3 aromatic heterocycles. The summed E-state index contributed by atoms with van der Waals surface area (Å²) in [5.74, 6) is 2.11. The van der Waals surface area contributed by atoms with Crippen LogP contribution in [0.2, 0.25) is 0 Å². The molecule has 4 aromatic rings. The molecule has 4 rings (SSSR count). The predicted octanol–water partition coefficient (Wildman–Crippen LogP) is 5.13. The Morgan fingerprint density at radius 3 is 2.60 bits per heavy atom. The van der Waals surface area contributed by atoms with Gasteiger partial charge in [-0.2, -0.15) is 4.98 Å². The number of aryl methyl sites for hydroxylation is 3. The topological polar surface area (TPSA) is 82.5 Å². The summed E-state index contributed by atoms with van der Waals surface area (Å²) in [6, 6.07) is 10.2. The first-order valence-electron chi connectivity index (χ1n) is 9.99. The molecule has 0 aliphatic rings. The lowest BCUT2D eigenvalue weighted by Gasteiger charge is -2.13. The van der Waals surface area contributed by atoms with E-state index >= 15 is 0 Å². The highest BCUT2D eigenvalue weighted by atomic mass is 32.2. The van der Waals surface area contributed by atoms with Crippen LogP contribution in [0.25, 0.3) is 17.1 Å². The summed E-state index contributed by atoms with van der Waals surface area (Å²) in [5.41, 5.74) is 4.43. The minimum atomic E-state index is -0.0529. The molecule has 154 valence electrons. The van der Waals surface area contributed by atoms with Crippen LogP contribution in [0.5, 0.6) is 0 Å². The Hall–Kier alpha value is -3.00. The van der Waals surface area contributed by atoms with Crippen molar-refractivity contribution in [1.82, 2.24) is 29.9 Å². The monoisotopic (exact) mass is 420 g/mol. The molecule has 3 heterocycles. The van der Waals surface area contributed by atoms with Crippen LogP contribution in [0.3, 0.4) is 0 Å². The smallest absolute Gasteiger partial charge is 0.239 e. The van der Waals surface area contributed by atoms with Gasteiger partial charge in [0, 0.05) is 24.4 Å². The molecule has 1 unspecified atom stereocenters. The molecule has 0 N–H and O–H groups in total. The van der Waals surface area contributed by atoms with Gasteiger partial charge in [-0.1, -0.05) is 29.9 Å². The number of nitrogens with zero attached hydrogens (tertiary/aromatic N) is 6. The van der Waals surface area contributed by atoms with Crippen molar-refractivity contribution < 1.29 is 4.52 Å². The maximum atomic E-state index is 5.48. The van der Waals surface area contributed by atoms with Gasteiger partial charge in [0.1, 0.15) is 0 Å². The molecule has 0 saturated heterocycles. The van der Waals surface area contributed by atoms with E-state index in [0.717, 1.165) is 40.9 Å². The largest absolute Gasteiger partial charge is 0.338 e. The summed E-state index contributed by atoms with van der Waals surface area (Å²) in [5, 5.41) is 13.8. The average Bonchev–Trinajstić information content (AvgIpc) is 3.38. The number of rotatable bonds is 7. The van der Waals surface area contributed by atoms with Gasteiger partial charge in [-0.25, -0.2) is 0 Å². The molecule has 30 heavy (non-hydrogen) atoms. The van der Waals surface area contributed by atoms with E-state index in [9.17, 15) is 0 Å². The van der Waals surface area contributed by atoms with E-state index in [0.29, 0.717) is 5.89 Å². The summed E-state index contributed by atoms with van der Waals surface area (Å²) in [6.45, 7) is 8.36. The van der Waals surface area contributed by atoms with Crippen LogP contribution >= 0.6 is 11.8 Å². The van der Waals surface area contributed by atoms with Crippen LogP contribution in [-0.4, -0.2) is 29.9 Å². The molecule has 0 bridgehead atoms. The maximum Gasteiger partial charge on any atom is 0.239 e. The van der Waals surface area contributed by atoms with Gasteiger partial charge >= 0.3 is 0 Å². The number of pyridine rings is 1. The van der Waals surface area contributed by atoms with E-state index in [1.165, 1.54) is 11.1 Å². The zero-order valence-corrected chi connectivity index (χ0v) is 18.3. The fourth-order valence-corrected chi connectivity index (χ4v) is 4.00. The molecule has 7 nitrogen and oxygen atoms in total. The summed E-state index contributed by atoms with van der Waals surface area (Å²) < 4.78 is 7.55. The van der Waals surface area contributed by atoms with E-state index < -0.39 is 0 Å². The molecule has 0 saturated carbocycles. The van der Waals surface area contributed by atoms with Crippen molar-refractivity contribution in [3.63, 3.8) is 0 Å². The Morgan fingerprint density at radius 1 is 1.07 bits per heavy atom. The van der Waals surface area contributed by atoms with Crippen molar-refractivity contribution in [3.05, 3.63) is 65.6 Å². The predicted molar refractivity (Wildman–Crippen MR) is 117 cm³/mol. The van der Waals surface area contributed by atoms with Crippen LogP contribution in [-0.2, 0) is 6.42 Å². The summed E-state index contributed by atoms with van der Waals surface area (Å²) in [6.07, 6.45) is 5.32. The minimum Gasteiger partial charge on any atom is -0.338 e. The molecule has 1 aromatic carbocycles. The van der Waals surface area contributed by atoms with Crippen molar-refractivity contribution in [2.45, 2.75) is 50.9 Å². The lowest BCUT2D eigenvalue weighted by molar-refractivity contribution is 0.374. The van der Waals surface area contributed by atoms with Crippen molar-refractivity contribution in [1.29, 1.82) is 0 Å². The summed E-state index contributed by atoms with van der Waals surface area (Å²) in [4.78, 5) is 8.65.